The van der Waals surface area contributed by atoms with Gasteiger partial charge in [-0.25, -0.2) is 0 Å². The largest absolute Gasteiger partial charge is 0.496 e. The lowest BCUT2D eigenvalue weighted by atomic mass is 9.95. The first-order chi connectivity index (χ1) is 17.3. The molecule has 0 aliphatic carbocycles. The minimum atomic E-state index is -1.74. The zero-order valence-corrected chi connectivity index (χ0v) is 21.2. The van der Waals surface area contributed by atoms with E-state index in [1.54, 1.807) is 14.2 Å². The molecule has 1 atom stereocenters. The van der Waals surface area contributed by atoms with Gasteiger partial charge >= 0.3 is 0 Å². The van der Waals surface area contributed by atoms with Crippen molar-refractivity contribution < 1.29 is 29.9 Å². The number of hydrogen-bond donors (Lipinski definition) is 5. The summed E-state index contributed by atoms with van der Waals surface area (Å²) in [5, 5.41) is 41.3. The molecule has 0 spiro atoms. The van der Waals surface area contributed by atoms with E-state index in [9.17, 15) is 20.4 Å². The van der Waals surface area contributed by atoms with E-state index in [4.69, 9.17) is 9.47 Å². The molecule has 0 aliphatic heterocycles. The van der Waals surface area contributed by atoms with Crippen molar-refractivity contribution in [1.82, 2.24) is 5.32 Å². The van der Waals surface area contributed by atoms with Crippen LogP contribution in [-0.2, 0) is 13.2 Å². The van der Waals surface area contributed by atoms with Crippen molar-refractivity contribution in [2.24, 2.45) is 0 Å². The monoisotopic (exact) mass is 493 g/mol. The normalized spacial score (nSPS) is 13.2. The number of nitrogens with one attached hydrogen (secondary N) is 1. The SMILES string of the molecule is COc1cc(/C=C/c2cccc(-c3cccc(CO)c3)c2C)cc(OC)c1CNC(C)(CO)C(O)O. The van der Waals surface area contributed by atoms with Crippen molar-refractivity contribution in [2.45, 2.75) is 38.8 Å². The minimum Gasteiger partial charge on any atom is -0.496 e. The molecule has 36 heavy (non-hydrogen) atoms. The second kappa shape index (κ2) is 12.2. The third kappa shape index (κ3) is 6.13. The van der Waals surface area contributed by atoms with Gasteiger partial charge in [0.1, 0.15) is 11.5 Å². The second-order valence-electron chi connectivity index (χ2n) is 8.92. The van der Waals surface area contributed by atoms with Crippen LogP contribution in [0.5, 0.6) is 11.5 Å². The smallest absolute Gasteiger partial charge is 0.172 e. The van der Waals surface area contributed by atoms with Gasteiger partial charge in [0, 0.05) is 12.1 Å². The number of methoxy groups -OCH3 is 2. The standard InChI is InChI=1S/C29H35NO6/c1-19-22(8-6-10-24(19)23-9-5-7-21(13-23)17-31)12-11-20-14-26(35-3)25(27(15-20)36-4)16-30-29(2,18-32)28(33)34/h5-15,28,30-34H,16-18H2,1-4H3/b12-11+. The Morgan fingerprint density at radius 3 is 2.19 bits per heavy atom. The average Bonchev–Trinajstić information content (AvgIpc) is 2.90. The Bertz CT molecular complexity index is 1180. The summed E-state index contributed by atoms with van der Waals surface area (Å²) in [6, 6.07) is 17.8. The van der Waals surface area contributed by atoms with Gasteiger partial charge < -0.3 is 35.2 Å². The summed E-state index contributed by atoms with van der Waals surface area (Å²) in [5.74, 6) is 1.14. The maximum atomic E-state index is 9.62. The van der Waals surface area contributed by atoms with Gasteiger partial charge in [0.05, 0.1) is 33.0 Å². The molecule has 0 bridgehead atoms. The Labute approximate surface area is 212 Å². The molecular weight excluding hydrogens is 458 g/mol. The summed E-state index contributed by atoms with van der Waals surface area (Å²) in [4.78, 5) is 0. The molecule has 7 nitrogen and oxygen atoms in total. The Hall–Kier alpha value is -3.20. The Morgan fingerprint density at radius 1 is 0.944 bits per heavy atom. The molecule has 7 heteroatoms. The predicted molar refractivity (Wildman–Crippen MR) is 142 cm³/mol. The highest BCUT2D eigenvalue weighted by molar-refractivity contribution is 5.78. The van der Waals surface area contributed by atoms with Crippen molar-refractivity contribution >= 4 is 12.2 Å². The summed E-state index contributed by atoms with van der Waals surface area (Å²) in [5.41, 5.74) is 5.46. The number of aliphatic hydroxyl groups is 4. The number of rotatable bonds is 11. The molecule has 0 fully saturated rings. The highest BCUT2D eigenvalue weighted by atomic mass is 16.5. The van der Waals surface area contributed by atoms with Gasteiger partial charge in [-0.2, -0.15) is 0 Å². The molecule has 3 aromatic rings. The van der Waals surface area contributed by atoms with Crippen LogP contribution in [0.4, 0.5) is 0 Å². The maximum absolute atomic E-state index is 9.62. The molecule has 0 aliphatic rings. The van der Waals surface area contributed by atoms with Crippen LogP contribution in [0.1, 0.15) is 34.7 Å². The fourth-order valence-corrected chi connectivity index (χ4v) is 3.96. The van der Waals surface area contributed by atoms with Crippen molar-refractivity contribution in [1.29, 1.82) is 0 Å². The zero-order valence-electron chi connectivity index (χ0n) is 21.2. The molecule has 0 saturated carbocycles. The number of ether oxygens (including phenoxy) is 2. The number of hydrogen-bond acceptors (Lipinski definition) is 7. The van der Waals surface area contributed by atoms with Crippen LogP contribution in [0, 0.1) is 6.92 Å². The highest BCUT2D eigenvalue weighted by Gasteiger charge is 2.31. The lowest BCUT2D eigenvalue weighted by molar-refractivity contribution is -0.117. The molecule has 3 rings (SSSR count). The zero-order chi connectivity index (χ0) is 26.3. The topological polar surface area (TPSA) is 111 Å². The Balaban J connectivity index is 1.91. The van der Waals surface area contributed by atoms with E-state index in [2.05, 4.69) is 18.3 Å². The third-order valence-electron chi connectivity index (χ3n) is 6.45. The molecule has 0 saturated heterocycles. The highest BCUT2D eigenvalue weighted by Crippen LogP contribution is 2.33. The first-order valence-corrected chi connectivity index (χ1v) is 11.7. The van der Waals surface area contributed by atoms with Crippen LogP contribution in [-0.4, -0.2) is 53.1 Å². The van der Waals surface area contributed by atoms with Crippen molar-refractivity contribution in [2.75, 3.05) is 20.8 Å². The van der Waals surface area contributed by atoms with Gasteiger partial charge in [-0.3, -0.25) is 0 Å². The lowest BCUT2D eigenvalue weighted by Crippen LogP contribution is -2.54. The lowest BCUT2D eigenvalue weighted by Gasteiger charge is -2.31. The maximum Gasteiger partial charge on any atom is 0.172 e. The molecule has 0 radical (unpaired) electrons. The van der Waals surface area contributed by atoms with E-state index in [1.807, 2.05) is 60.7 Å². The van der Waals surface area contributed by atoms with E-state index in [1.165, 1.54) is 6.92 Å². The van der Waals surface area contributed by atoms with E-state index in [-0.39, 0.29) is 13.2 Å². The fraction of sp³-hybridized carbons (Fsp3) is 0.310. The summed E-state index contributed by atoms with van der Waals surface area (Å²) in [7, 11) is 3.12. The van der Waals surface area contributed by atoms with Crippen LogP contribution in [0.15, 0.2) is 54.6 Å². The van der Waals surface area contributed by atoms with E-state index in [0.29, 0.717) is 17.1 Å². The van der Waals surface area contributed by atoms with Gasteiger partial charge in [-0.15, -0.1) is 0 Å². The van der Waals surface area contributed by atoms with Gasteiger partial charge in [0.15, 0.2) is 6.29 Å². The third-order valence-corrected chi connectivity index (χ3v) is 6.45. The number of aliphatic hydroxyl groups excluding tert-OH is 3. The van der Waals surface area contributed by atoms with Crippen LogP contribution in [0.3, 0.4) is 0 Å². The van der Waals surface area contributed by atoms with Crippen molar-refractivity contribution in [3.63, 3.8) is 0 Å². The van der Waals surface area contributed by atoms with Crippen LogP contribution < -0.4 is 14.8 Å². The summed E-state index contributed by atoms with van der Waals surface area (Å²) >= 11 is 0. The van der Waals surface area contributed by atoms with Gasteiger partial charge in [-0.1, -0.05) is 48.6 Å². The first-order valence-electron chi connectivity index (χ1n) is 11.7. The van der Waals surface area contributed by atoms with Crippen molar-refractivity contribution in [3.8, 4) is 22.6 Å². The minimum absolute atomic E-state index is 0.00147. The van der Waals surface area contributed by atoms with Gasteiger partial charge in [0.2, 0.25) is 0 Å². The quantitative estimate of drug-likeness (QED) is 0.205. The molecule has 5 N–H and O–H groups in total. The first kappa shape index (κ1) is 27.4. The fourth-order valence-electron chi connectivity index (χ4n) is 3.96. The van der Waals surface area contributed by atoms with Crippen molar-refractivity contribution in [3.05, 3.63) is 82.4 Å². The molecule has 0 amide bonds. The molecule has 3 aromatic carbocycles. The second-order valence-corrected chi connectivity index (χ2v) is 8.92. The number of benzene rings is 3. The van der Waals surface area contributed by atoms with Crippen LogP contribution in [0.25, 0.3) is 23.3 Å². The van der Waals surface area contributed by atoms with E-state index >= 15 is 0 Å². The van der Waals surface area contributed by atoms with Gasteiger partial charge in [0.25, 0.3) is 0 Å². The summed E-state index contributed by atoms with van der Waals surface area (Å²) in [6.07, 6.45) is 2.27. The molecule has 1 unspecified atom stereocenters. The Kier molecular flexibility index (Phi) is 9.25. The van der Waals surface area contributed by atoms with Crippen LogP contribution >= 0.6 is 0 Å². The van der Waals surface area contributed by atoms with Crippen LogP contribution in [0.2, 0.25) is 0 Å². The predicted octanol–water partition coefficient (Wildman–Crippen LogP) is 3.49. The summed E-state index contributed by atoms with van der Waals surface area (Å²) < 4.78 is 11.2. The molecular formula is C29H35NO6. The van der Waals surface area contributed by atoms with E-state index in [0.717, 1.165) is 33.4 Å². The molecule has 0 heterocycles. The molecule has 0 aromatic heterocycles. The van der Waals surface area contributed by atoms with Gasteiger partial charge in [-0.05, 0) is 65.4 Å². The summed E-state index contributed by atoms with van der Waals surface area (Å²) in [6.45, 7) is 3.33. The average molecular weight is 494 g/mol. The Morgan fingerprint density at radius 2 is 1.61 bits per heavy atom. The van der Waals surface area contributed by atoms with E-state index < -0.39 is 18.4 Å². The molecule has 192 valence electrons.